The Morgan fingerprint density at radius 2 is 1.35 bits per heavy atom. The van der Waals surface area contributed by atoms with Gasteiger partial charge in [0.2, 0.25) is 17.8 Å². The number of benzene rings is 5. The van der Waals surface area contributed by atoms with Crippen molar-refractivity contribution in [1.82, 2.24) is 39.5 Å². The molecule has 0 radical (unpaired) electrons. The minimum absolute atomic E-state index is 0.0926. The van der Waals surface area contributed by atoms with Crippen LogP contribution in [-0.2, 0) is 23.1 Å². The van der Waals surface area contributed by atoms with E-state index in [1.807, 2.05) is 84.9 Å². The van der Waals surface area contributed by atoms with Gasteiger partial charge in [-0.15, -0.1) is 0 Å². The van der Waals surface area contributed by atoms with Gasteiger partial charge in [0, 0.05) is 116 Å². The molecule has 0 spiro atoms. The summed E-state index contributed by atoms with van der Waals surface area (Å²) in [4.78, 5) is 95.5. The molecule has 1 unspecified atom stereocenters. The van der Waals surface area contributed by atoms with Crippen molar-refractivity contribution >= 4 is 110 Å². The third kappa shape index (κ3) is 12.6. The maximum absolute atomic E-state index is 16.1. The zero-order valence-corrected chi connectivity index (χ0v) is 50.1. The number of aromatic nitrogens is 6. The average Bonchev–Trinajstić information content (AvgIpc) is 1.75. The lowest BCUT2D eigenvalue weighted by molar-refractivity contribution is -0.114. The lowest BCUT2D eigenvalue weighted by Crippen LogP contribution is -2.44. The molecule has 0 saturated carbocycles. The molecule has 8 aromatic rings. The molecule has 88 heavy (non-hydrogen) atoms. The molecule has 0 aliphatic carbocycles. The van der Waals surface area contributed by atoms with Gasteiger partial charge in [-0.1, -0.05) is 79.2 Å². The number of carbonyl (C=O) groups is 4. The minimum Gasteiger partial charge on any atom is -0.369 e. The predicted molar refractivity (Wildman–Crippen MR) is 347 cm³/mol. The van der Waals surface area contributed by atoms with Crippen LogP contribution in [0.15, 0.2) is 171 Å². The van der Waals surface area contributed by atoms with E-state index in [0.717, 1.165) is 75.5 Å². The van der Waals surface area contributed by atoms with E-state index < -0.39 is 29.9 Å². The number of amides is 6. The average molecular weight is 1200 g/mol. The van der Waals surface area contributed by atoms with Crippen molar-refractivity contribution in [3.63, 3.8) is 0 Å². The first-order chi connectivity index (χ1) is 42.8. The van der Waals surface area contributed by atoms with Gasteiger partial charge in [0.1, 0.15) is 5.82 Å². The van der Waals surface area contributed by atoms with Crippen LogP contribution in [0.3, 0.4) is 0 Å². The number of piperidine rings is 1. The fourth-order valence-electron chi connectivity index (χ4n) is 11.8. The zero-order chi connectivity index (χ0) is 60.8. The van der Waals surface area contributed by atoms with E-state index in [0.29, 0.717) is 76.3 Å². The number of piperazine rings is 1. The molecule has 0 bridgehead atoms. The number of likely N-dealkylation sites (N-methyl/N-ethyl adjacent to an activating group) is 1. The number of nitrogens with one attached hydrogen (secondary N) is 3. The molecule has 2 saturated heterocycles. The number of fused-ring (bicyclic) bond motifs is 2. The number of anilines is 13. The molecule has 12 rings (SSSR count). The third-order valence-electron chi connectivity index (χ3n) is 16.2. The fraction of sp³-hybridized carbons (Fsp3) is 0.258. The maximum atomic E-state index is 16.1. The Balaban J connectivity index is 1.03. The highest BCUT2D eigenvalue weighted by Crippen LogP contribution is 2.44. The van der Waals surface area contributed by atoms with Crippen molar-refractivity contribution in [2.75, 3.05) is 111 Å². The van der Waals surface area contributed by atoms with E-state index in [4.69, 9.17) is 26.6 Å². The van der Waals surface area contributed by atoms with Crippen molar-refractivity contribution in [3.05, 3.63) is 193 Å². The van der Waals surface area contributed by atoms with Gasteiger partial charge in [0.25, 0.3) is 5.91 Å². The maximum Gasteiger partial charge on any atom is 0.334 e. The molecule has 22 heteroatoms. The number of halogens is 1. The molecule has 2 fully saturated rings. The predicted octanol–water partition coefficient (Wildman–Crippen LogP) is 11.5. The van der Waals surface area contributed by atoms with Gasteiger partial charge in [-0.3, -0.25) is 33.9 Å². The number of likely N-dealkylation sites (tertiary alicyclic amines) is 1. The summed E-state index contributed by atoms with van der Waals surface area (Å²) < 4.78 is 1.57. The van der Waals surface area contributed by atoms with E-state index in [2.05, 4.69) is 73.4 Å². The van der Waals surface area contributed by atoms with Crippen LogP contribution in [0.5, 0.6) is 0 Å². The summed E-state index contributed by atoms with van der Waals surface area (Å²) in [5.74, 6) is 0.0265. The smallest absolute Gasteiger partial charge is 0.334 e. The van der Waals surface area contributed by atoms with Crippen LogP contribution in [0.25, 0.3) is 0 Å². The van der Waals surface area contributed by atoms with E-state index in [9.17, 15) is 4.79 Å². The summed E-state index contributed by atoms with van der Waals surface area (Å²) >= 11 is 6.53. The number of nitrogens with zero attached hydrogens (tertiary/aromatic N) is 14. The molecule has 4 aliphatic heterocycles. The normalized spacial score (nSPS) is 16.6. The fourth-order valence-corrected chi connectivity index (χ4v) is 12.0. The van der Waals surface area contributed by atoms with Crippen LogP contribution in [0.4, 0.5) is 84.3 Å². The molecule has 7 heterocycles. The zero-order valence-electron chi connectivity index (χ0n) is 49.3. The molecule has 21 nitrogen and oxygen atoms in total. The second kappa shape index (κ2) is 25.9. The van der Waals surface area contributed by atoms with Gasteiger partial charge in [0.05, 0.1) is 29.6 Å². The summed E-state index contributed by atoms with van der Waals surface area (Å²) in [7, 11) is 3.89. The number of hydrogen-bond acceptors (Lipinski definition) is 14. The lowest BCUT2D eigenvalue weighted by Gasteiger charge is -2.35. The van der Waals surface area contributed by atoms with Crippen molar-refractivity contribution in [2.24, 2.45) is 7.05 Å². The molecular weight excluding hydrogens is 1130 g/mol. The van der Waals surface area contributed by atoms with E-state index in [-0.39, 0.29) is 29.4 Å². The Kier molecular flexibility index (Phi) is 17.2. The number of carbonyl (C=O) groups excluding carboxylic acids is 4. The Labute approximate surface area is 516 Å². The van der Waals surface area contributed by atoms with Crippen LogP contribution in [0, 0.1) is 6.92 Å². The van der Waals surface area contributed by atoms with Gasteiger partial charge < -0.3 is 25.8 Å². The SMILES string of the molecule is C=CC(=O)Nc1cccc(N2C(=O)N(c3ccccc3)CC(N(C(=O)/C=C/CN3CCCCC3)c3cccc(N4C(=O)N(c5ccccc5)CCc5cnc(Nc6cn(C)nc6Cl)nc54)c3)c3cnc(Nc4ccc(N5CCN(C)CC5)c(C)c4)nc32)c1. The van der Waals surface area contributed by atoms with Gasteiger partial charge in [-0.25, -0.2) is 29.4 Å². The van der Waals surface area contributed by atoms with Gasteiger partial charge in [0.15, 0.2) is 11.0 Å². The first kappa shape index (κ1) is 58.4. The second-order valence-electron chi connectivity index (χ2n) is 22.2. The Hall–Kier alpha value is -9.96. The van der Waals surface area contributed by atoms with E-state index >= 15 is 14.4 Å². The Bertz CT molecular complexity index is 3920. The monoisotopic (exact) mass is 1200 g/mol. The van der Waals surface area contributed by atoms with Crippen LogP contribution in [0.1, 0.15) is 42.0 Å². The quantitative estimate of drug-likeness (QED) is 0.0772. The van der Waals surface area contributed by atoms with Crippen molar-refractivity contribution in [2.45, 2.75) is 38.6 Å². The number of aryl methyl sites for hydroxylation is 2. The molecule has 4 aliphatic rings. The number of para-hydroxylation sites is 2. The van der Waals surface area contributed by atoms with Crippen LogP contribution >= 0.6 is 11.6 Å². The number of hydrogen-bond donors (Lipinski definition) is 3. The van der Waals surface area contributed by atoms with Gasteiger partial charge in [-0.05, 0) is 137 Å². The van der Waals surface area contributed by atoms with Crippen LogP contribution in [0.2, 0.25) is 5.15 Å². The molecule has 448 valence electrons. The summed E-state index contributed by atoms with van der Waals surface area (Å²) in [6, 6.07) is 37.1. The highest BCUT2D eigenvalue weighted by Gasteiger charge is 2.42. The summed E-state index contributed by atoms with van der Waals surface area (Å²) in [5, 5.41) is 14.0. The Morgan fingerprint density at radius 1 is 0.693 bits per heavy atom. The minimum atomic E-state index is -1.01. The Morgan fingerprint density at radius 3 is 2.07 bits per heavy atom. The molecule has 6 amide bonds. The van der Waals surface area contributed by atoms with E-state index in [1.165, 1.54) is 11.0 Å². The summed E-state index contributed by atoms with van der Waals surface area (Å²) in [6.45, 7) is 12.1. The first-order valence-corrected chi connectivity index (χ1v) is 29.9. The van der Waals surface area contributed by atoms with Crippen molar-refractivity contribution in [1.29, 1.82) is 0 Å². The molecule has 5 aromatic carbocycles. The summed E-state index contributed by atoms with van der Waals surface area (Å²) in [6.07, 6.45) is 13.5. The van der Waals surface area contributed by atoms with E-state index in [1.54, 1.807) is 92.4 Å². The first-order valence-electron chi connectivity index (χ1n) is 29.5. The van der Waals surface area contributed by atoms with Crippen LogP contribution < -0.4 is 45.3 Å². The van der Waals surface area contributed by atoms with Crippen LogP contribution in [-0.4, -0.2) is 129 Å². The number of rotatable bonds is 16. The van der Waals surface area contributed by atoms with Crippen molar-refractivity contribution < 1.29 is 19.2 Å². The van der Waals surface area contributed by atoms with Crippen molar-refractivity contribution in [3.8, 4) is 0 Å². The molecular formula is C66H68ClN17O4. The van der Waals surface area contributed by atoms with Gasteiger partial charge >= 0.3 is 12.1 Å². The highest BCUT2D eigenvalue weighted by atomic mass is 35.5. The number of urea groups is 2. The molecule has 3 N–H and O–H groups in total. The molecule has 1 atom stereocenters. The lowest BCUT2D eigenvalue weighted by atomic mass is 10.0. The second-order valence-corrected chi connectivity index (χ2v) is 22.6. The highest BCUT2D eigenvalue weighted by molar-refractivity contribution is 6.32. The largest absolute Gasteiger partial charge is 0.369 e. The summed E-state index contributed by atoms with van der Waals surface area (Å²) in [5.41, 5.74) is 7.31. The standard InChI is InChI=1S/C66H68ClN17O4/c1-5-58(85)70-47-18-15-23-51(39-47)84-62-54(42-69-63(74-62)71-48-27-28-56(45(2)38-48)79-36-34-76(3)35-37-79)57(44-81(66(84)88)50-21-11-7-12-22-50)82(59(86)26-17-32-78-30-13-8-14-31-78)52-24-16-25-53(40-52)83-61-46(29-33-80(65(83)87)49-19-9-6-10-20-49)41-68-64(73-61)72-55-43-77(4)75-60(55)67/h5-7,9-12,15-28,38-43,57H,1,8,13-14,29-37,44H2,2-4H3,(H,70,85)(H,68,72,73)(H,69,71,74)/b26-17+. The molecule has 3 aromatic heterocycles. The van der Waals surface area contributed by atoms with Gasteiger partial charge in [-0.2, -0.15) is 15.1 Å². The third-order valence-corrected chi connectivity index (χ3v) is 16.5. The topological polar surface area (TPSA) is 200 Å².